The number of carboxylic acid groups (broad SMARTS) is 1. The summed E-state index contributed by atoms with van der Waals surface area (Å²) in [5.74, 6) is -1.07. The van der Waals surface area contributed by atoms with Gasteiger partial charge in [0.1, 0.15) is 0 Å². The SMILES string of the molecule is CCC1(CNC(=O)Nc2cncc(C(=O)O)c2)CCCC1. The number of nitrogens with zero attached hydrogens (tertiary/aromatic N) is 1. The summed E-state index contributed by atoms with van der Waals surface area (Å²) in [7, 11) is 0. The minimum Gasteiger partial charge on any atom is -0.478 e. The third-order valence-electron chi connectivity index (χ3n) is 4.28. The van der Waals surface area contributed by atoms with Crippen LogP contribution in [0.1, 0.15) is 49.4 Å². The van der Waals surface area contributed by atoms with E-state index in [0.717, 1.165) is 19.3 Å². The summed E-state index contributed by atoms with van der Waals surface area (Å²) in [6.45, 7) is 2.81. The van der Waals surface area contributed by atoms with Crippen LogP contribution in [-0.4, -0.2) is 28.6 Å². The molecule has 114 valence electrons. The number of hydrogen-bond acceptors (Lipinski definition) is 3. The number of hydrogen-bond donors (Lipinski definition) is 3. The van der Waals surface area contributed by atoms with Crippen molar-refractivity contribution >= 4 is 17.7 Å². The number of rotatable bonds is 5. The number of carboxylic acids is 1. The minimum absolute atomic E-state index is 0.0496. The molecule has 1 heterocycles. The minimum atomic E-state index is -1.07. The van der Waals surface area contributed by atoms with Crippen molar-refractivity contribution in [3.8, 4) is 0 Å². The Balaban J connectivity index is 1.90. The Morgan fingerprint density at radius 2 is 2.05 bits per heavy atom. The monoisotopic (exact) mass is 291 g/mol. The molecule has 2 rings (SSSR count). The van der Waals surface area contributed by atoms with Crippen LogP contribution in [0.3, 0.4) is 0 Å². The molecule has 1 aromatic heterocycles. The van der Waals surface area contributed by atoms with Crippen LogP contribution >= 0.6 is 0 Å². The Kier molecular flexibility index (Phi) is 4.77. The van der Waals surface area contributed by atoms with Crippen molar-refractivity contribution in [1.29, 1.82) is 0 Å². The lowest BCUT2D eigenvalue weighted by molar-refractivity contribution is 0.0696. The molecule has 2 amide bonds. The third kappa shape index (κ3) is 3.93. The lowest BCUT2D eigenvalue weighted by Gasteiger charge is -2.27. The number of amides is 2. The zero-order valence-corrected chi connectivity index (χ0v) is 12.2. The van der Waals surface area contributed by atoms with E-state index < -0.39 is 5.97 Å². The molecule has 1 aromatic rings. The van der Waals surface area contributed by atoms with E-state index in [1.54, 1.807) is 0 Å². The summed E-state index contributed by atoms with van der Waals surface area (Å²) in [4.78, 5) is 26.6. The molecule has 1 fully saturated rings. The molecule has 3 N–H and O–H groups in total. The number of nitrogens with one attached hydrogen (secondary N) is 2. The third-order valence-corrected chi connectivity index (χ3v) is 4.28. The van der Waals surface area contributed by atoms with E-state index in [1.807, 2.05) is 0 Å². The Labute approximate surface area is 124 Å². The van der Waals surface area contributed by atoms with Gasteiger partial charge in [-0.15, -0.1) is 0 Å². The fourth-order valence-corrected chi connectivity index (χ4v) is 2.85. The first-order valence-electron chi connectivity index (χ1n) is 7.28. The number of urea groups is 1. The van der Waals surface area contributed by atoms with Gasteiger partial charge in [0.25, 0.3) is 0 Å². The zero-order valence-electron chi connectivity index (χ0n) is 12.2. The molecule has 1 saturated carbocycles. The summed E-state index contributed by atoms with van der Waals surface area (Å²) in [5, 5.41) is 14.4. The summed E-state index contributed by atoms with van der Waals surface area (Å²) >= 11 is 0. The average molecular weight is 291 g/mol. The zero-order chi connectivity index (χ0) is 15.3. The maximum Gasteiger partial charge on any atom is 0.337 e. The Morgan fingerprint density at radius 3 is 2.67 bits per heavy atom. The van der Waals surface area contributed by atoms with Crippen molar-refractivity contribution in [2.75, 3.05) is 11.9 Å². The predicted octanol–water partition coefficient (Wildman–Crippen LogP) is 2.87. The first kappa shape index (κ1) is 15.3. The van der Waals surface area contributed by atoms with Gasteiger partial charge in [0, 0.05) is 12.7 Å². The van der Waals surface area contributed by atoms with Gasteiger partial charge < -0.3 is 15.7 Å². The van der Waals surface area contributed by atoms with Crippen LogP contribution in [0.4, 0.5) is 10.5 Å². The highest BCUT2D eigenvalue weighted by molar-refractivity contribution is 5.92. The van der Waals surface area contributed by atoms with E-state index in [-0.39, 0.29) is 17.0 Å². The normalized spacial score (nSPS) is 16.4. The molecule has 0 spiro atoms. The second-order valence-corrected chi connectivity index (χ2v) is 5.64. The Hall–Kier alpha value is -2.11. The fraction of sp³-hybridized carbons (Fsp3) is 0.533. The van der Waals surface area contributed by atoms with E-state index in [1.165, 1.54) is 31.3 Å². The van der Waals surface area contributed by atoms with E-state index in [0.29, 0.717) is 12.2 Å². The summed E-state index contributed by atoms with van der Waals surface area (Å²) in [5.41, 5.74) is 0.649. The summed E-state index contributed by atoms with van der Waals surface area (Å²) in [6, 6.07) is 1.07. The van der Waals surface area contributed by atoms with E-state index in [9.17, 15) is 9.59 Å². The summed E-state index contributed by atoms with van der Waals surface area (Å²) in [6.07, 6.45) is 8.49. The van der Waals surface area contributed by atoms with Gasteiger partial charge in [-0.1, -0.05) is 19.8 Å². The number of anilines is 1. The largest absolute Gasteiger partial charge is 0.478 e. The lowest BCUT2D eigenvalue weighted by atomic mass is 9.83. The van der Waals surface area contributed by atoms with Crippen molar-refractivity contribution in [1.82, 2.24) is 10.3 Å². The highest BCUT2D eigenvalue weighted by Gasteiger charge is 2.32. The van der Waals surface area contributed by atoms with Gasteiger partial charge in [-0.05, 0) is 30.7 Å². The van der Waals surface area contributed by atoms with Gasteiger partial charge in [-0.2, -0.15) is 0 Å². The van der Waals surface area contributed by atoms with Crippen molar-refractivity contribution in [3.63, 3.8) is 0 Å². The van der Waals surface area contributed by atoms with Crippen LogP contribution in [0, 0.1) is 5.41 Å². The number of pyridine rings is 1. The van der Waals surface area contributed by atoms with Gasteiger partial charge in [0.2, 0.25) is 0 Å². The maximum absolute atomic E-state index is 11.9. The molecule has 0 radical (unpaired) electrons. The van der Waals surface area contributed by atoms with Crippen LogP contribution in [0.2, 0.25) is 0 Å². The van der Waals surface area contributed by atoms with Crippen molar-refractivity contribution in [2.45, 2.75) is 39.0 Å². The van der Waals surface area contributed by atoms with E-state index in [2.05, 4.69) is 22.5 Å². The fourth-order valence-electron chi connectivity index (χ4n) is 2.85. The van der Waals surface area contributed by atoms with Crippen LogP contribution in [-0.2, 0) is 0 Å². The standard InChI is InChI=1S/C15H21N3O3/c1-2-15(5-3-4-6-15)10-17-14(21)18-12-7-11(13(19)20)8-16-9-12/h7-9H,2-6,10H2,1H3,(H,19,20)(H2,17,18,21). The number of aromatic nitrogens is 1. The van der Waals surface area contributed by atoms with Gasteiger partial charge in [0.05, 0.1) is 17.4 Å². The predicted molar refractivity (Wildman–Crippen MR) is 79.4 cm³/mol. The van der Waals surface area contributed by atoms with Gasteiger partial charge in [-0.25, -0.2) is 9.59 Å². The quantitative estimate of drug-likeness (QED) is 0.778. The van der Waals surface area contributed by atoms with Crippen molar-refractivity contribution in [2.24, 2.45) is 5.41 Å². The van der Waals surface area contributed by atoms with Crippen LogP contribution in [0.25, 0.3) is 0 Å². The van der Waals surface area contributed by atoms with Crippen molar-refractivity contribution in [3.05, 3.63) is 24.0 Å². The van der Waals surface area contributed by atoms with Gasteiger partial charge >= 0.3 is 12.0 Å². The lowest BCUT2D eigenvalue weighted by Crippen LogP contribution is -2.38. The number of carbonyl (C=O) groups excluding carboxylic acids is 1. The molecule has 0 saturated heterocycles. The maximum atomic E-state index is 11.9. The van der Waals surface area contributed by atoms with Crippen molar-refractivity contribution < 1.29 is 14.7 Å². The van der Waals surface area contributed by atoms with Crippen LogP contribution in [0.5, 0.6) is 0 Å². The molecule has 0 unspecified atom stereocenters. The van der Waals surface area contributed by atoms with Gasteiger partial charge in [-0.3, -0.25) is 4.98 Å². The highest BCUT2D eigenvalue weighted by atomic mass is 16.4. The molecular weight excluding hydrogens is 270 g/mol. The highest BCUT2D eigenvalue weighted by Crippen LogP contribution is 2.40. The molecule has 0 atom stereocenters. The molecule has 21 heavy (non-hydrogen) atoms. The second-order valence-electron chi connectivity index (χ2n) is 5.64. The number of carbonyl (C=O) groups is 2. The van der Waals surface area contributed by atoms with E-state index in [4.69, 9.17) is 5.11 Å². The Bertz CT molecular complexity index is 525. The molecule has 1 aliphatic carbocycles. The smallest absolute Gasteiger partial charge is 0.337 e. The molecule has 0 aromatic carbocycles. The van der Waals surface area contributed by atoms with Crippen LogP contribution in [0.15, 0.2) is 18.5 Å². The average Bonchev–Trinajstić information content (AvgIpc) is 2.95. The molecule has 0 aliphatic heterocycles. The van der Waals surface area contributed by atoms with E-state index >= 15 is 0 Å². The Morgan fingerprint density at radius 1 is 1.33 bits per heavy atom. The summed E-state index contributed by atoms with van der Waals surface area (Å²) < 4.78 is 0. The first-order chi connectivity index (χ1) is 10.0. The first-order valence-corrected chi connectivity index (χ1v) is 7.28. The van der Waals surface area contributed by atoms with Crippen LogP contribution < -0.4 is 10.6 Å². The molecule has 6 heteroatoms. The number of aromatic carboxylic acids is 1. The topological polar surface area (TPSA) is 91.3 Å². The van der Waals surface area contributed by atoms with Gasteiger partial charge in [0.15, 0.2) is 0 Å². The second kappa shape index (κ2) is 6.56. The molecule has 0 bridgehead atoms. The molecule has 6 nitrogen and oxygen atoms in total. The molecule has 1 aliphatic rings. The molecular formula is C15H21N3O3.